The number of carbonyl (C=O) groups is 2. The van der Waals surface area contributed by atoms with E-state index in [1.807, 2.05) is 0 Å². The van der Waals surface area contributed by atoms with E-state index in [0.29, 0.717) is 12.0 Å². The van der Waals surface area contributed by atoms with Gasteiger partial charge in [-0.05, 0) is 37.1 Å². The van der Waals surface area contributed by atoms with Crippen molar-refractivity contribution in [1.82, 2.24) is 5.32 Å². The summed E-state index contributed by atoms with van der Waals surface area (Å²) in [6.07, 6.45) is 2.79. The molecule has 1 aromatic carbocycles. The van der Waals surface area contributed by atoms with Crippen molar-refractivity contribution in [1.29, 1.82) is 0 Å². The maximum Gasteiger partial charge on any atom is 0.292 e. The van der Waals surface area contributed by atoms with Gasteiger partial charge >= 0.3 is 0 Å². The average Bonchev–Trinajstić information content (AvgIpc) is 2.41. The molecule has 2 unspecified atom stereocenters. The molecule has 0 bridgehead atoms. The standard InChI is InChI=1S/C14H16BrNO3/c15-10-7-5-9(6-8-10)13(18)14(19)16-11-3-1-2-4-12(11)17/h5-8,11-12,17H,1-4H2,(H,16,19). The number of halogens is 1. The van der Waals surface area contributed by atoms with E-state index in [1.165, 1.54) is 0 Å². The highest BCUT2D eigenvalue weighted by atomic mass is 79.9. The second-order valence-corrected chi connectivity index (χ2v) is 5.68. The van der Waals surface area contributed by atoms with E-state index < -0.39 is 17.8 Å². The van der Waals surface area contributed by atoms with Crippen molar-refractivity contribution >= 4 is 27.6 Å². The number of amides is 1. The lowest BCUT2D eigenvalue weighted by atomic mass is 9.92. The molecule has 2 atom stereocenters. The summed E-state index contributed by atoms with van der Waals surface area (Å²) >= 11 is 3.27. The highest BCUT2D eigenvalue weighted by Crippen LogP contribution is 2.18. The third kappa shape index (κ3) is 3.64. The monoisotopic (exact) mass is 325 g/mol. The fraction of sp³-hybridized carbons (Fsp3) is 0.429. The summed E-state index contributed by atoms with van der Waals surface area (Å²) in [7, 11) is 0. The Bertz CT molecular complexity index is 472. The van der Waals surface area contributed by atoms with Gasteiger partial charge in [0.1, 0.15) is 0 Å². The predicted octanol–water partition coefficient (Wildman–Crippen LogP) is 2.05. The van der Waals surface area contributed by atoms with Gasteiger partial charge in [-0.3, -0.25) is 9.59 Å². The zero-order valence-corrected chi connectivity index (χ0v) is 12.0. The predicted molar refractivity (Wildman–Crippen MR) is 74.9 cm³/mol. The highest BCUT2D eigenvalue weighted by Gasteiger charge is 2.27. The summed E-state index contributed by atoms with van der Waals surface area (Å²) in [5, 5.41) is 12.4. The van der Waals surface area contributed by atoms with Crippen LogP contribution in [0.3, 0.4) is 0 Å². The molecule has 1 aliphatic rings. The van der Waals surface area contributed by atoms with E-state index in [0.717, 1.165) is 23.7 Å². The van der Waals surface area contributed by atoms with E-state index in [1.54, 1.807) is 24.3 Å². The summed E-state index contributed by atoms with van der Waals surface area (Å²) in [5.41, 5.74) is 0.353. The first-order chi connectivity index (χ1) is 9.08. The van der Waals surface area contributed by atoms with Crippen LogP contribution in [0, 0.1) is 0 Å². The number of ketones is 1. The van der Waals surface area contributed by atoms with Gasteiger partial charge in [0.25, 0.3) is 5.91 Å². The van der Waals surface area contributed by atoms with Crippen LogP contribution in [-0.2, 0) is 4.79 Å². The summed E-state index contributed by atoms with van der Waals surface area (Å²) in [5.74, 6) is -1.21. The molecule has 5 heteroatoms. The Hall–Kier alpha value is -1.20. The van der Waals surface area contributed by atoms with Gasteiger partial charge in [-0.25, -0.2) is 0 Å². The highest BCUT2D eigenvalue weighted by molar-refractivity contribution is 9.10. The fourth-order valence-electron chi connectivity index (χ4n) is 2.25. The Morgan fingerprint density at radius 3 is 2.42 bits per heavy atom. The zero-order chi connectivity index (χ0) is 13.8. The van der Waals surface area contributed by atoms with Gasteiger partial charge in [0.2, 0.25) is 5.78 Å². The molecule has 102 valence electrons. The molecule has 1 amide bonds. The Kier molecular flexibility index (Phi) is 4.71. The Balaban J connectivity index is 1.99. The van der Waals surface area contributed by atoms with Crippen LogP contribution in [-0.4, -0.2) is 28.9 Å². The summed E-state index contributed by atoms with van der Waals surface area (Å²) < 4.78 is 0.854. The maximum atomic E-state index is 11.9. The first-order valence-corrected chi connectivity index (χ1v) is 7.16. The average molecular weight is 326 g/mol. The summed E-state index contributed by atoms with van der Waals surface area (Å²) in [6, 6.07) is 6.33. The van der Waals surface area contributed by atoms with Gasteiger partial charge in [0.05, 0.1) is 12.1 Å². The smallest absolute Gasteiger partial charge is 0.292 e. The second-order valence-electron chi connectivity index (χ2n) is 4.77. The van der Waals surface area contributed by atoms with Crippen LogP contribution < -0.4 is 5.32 Å². The van der Waals surface area contributed by atoms with E-state index in [4.69, 9.17) is 0 Å². The second kappa shape index (κ2) is 6.30. The zero-order valence-electron chi connectivity index (χ0n) is 10.4. The van der Waals surface area contributed by atoms with Crippen molar-refractivity contribution in [2.45, 2.75) is 37.8 Å². The van der Waals surface area contributed by atoms with Gasteiger partial charge in [-0.1, -0.05) is 28.8 Å². The van der Waals surface area contributed by atoms with Crippen molar-refractivity contribution in [3.63, 3.8) is 0 Å². The molecule has 1 saturated carbocycles. The molecule has 2 rings (SSSR count). The van der Waals surface area contributed by atoms with Gasteiger partial charge in [0.15, 0.2) is 0 Å². The molecular formula is C14H16BrNO3. The Labute approximate surface area is 120 Å². The number of Topliss-reactive ketones (excluding diaryl/α,β-unsaturated/α-hetero) is 1. The number of hydrogen-bond acceptors (Lipinski definition) is 3. The minimum Gasteiger partial charge on any atom is -0.391 e. The lowest BCUT2D eigenvalue weighted by Crippen LogP contribution is -2.47. The molecule has 1 aromatic rings. The van der Waals surface area contributed by atoms with Gasteiger partial charge < -0.3 is 10.4 Å². The normalized spacial score (nSPS) is 22.8. The molecule has 0 radical (unpaired) electrons. The lowest BCUT2D eigenvalue weighted by Gasteiger charge is -2.27. The lowest BCUT2D eigenvalue weighted by molar-refractivity contribution is -0.118. The first-order valence-electron chi connectivity index (χ1n) is 6.37. The van der Waals surface area contributed by atoms with Crippen molar-refractivity contribution < 1.29 is 14.7 Å². The fourth-order valence-corrected chi connectivity index (χ4v) is 2.51. The first kappa shape index (κ1) is 14.2. The van der Waals surface area contributed by atoms with E-state index in [9.17, 15) is 14.7 Å². The van der Waals surface area contributed by atoms with Crippen LogP contribution in [0.1, 0.15) is 36.0 Å². The van der Waals surface area contributed by atoms with Crippen molar-refractivity contribution in [2.75, 3.05) is 0 Å². The van der Waals surface area contributed by atoms with Gasteiger partial charge in [-0.2, -0.15) is 0 Å². The third-order valence-corrected chi connectivity index (χ3v) is 3.89. The van der Waals surface area contributed by atoms with Gasteiger partial charge in [0, 0.05) is 10.0 Å². The third-order valence-electron chi connectivity index (χ3n) is 3.36. The van der Waals surface area contributed by atoms with Crippen molar-refractivity contribution in [3.8, 4) is 0 Å². The minimum atomic E-state index is -0.645. The van der Waals surface area contributed by atoms with E-state index in [-0.39, 0.29) is 6.04 Å². The SMILES string of the molecule is O=C(NC1CCCCC1O)C(=O)c1ccc(Br)cc1. The number of aliphatic hydroxyl groups excluding tert-OH is 1. The largest absolute Gasteiger partial charge is 0.391 e. The molecule has 1 aliphatic carbocycles. The molecule has 0 aromatic heterocycles. The number of hydrogen-bond donors (Lipinski definition) is 2. The van der Waals surface area contributed by atoms with Gasteiger partial charge in [-0.15, -0.1) is 0 Å². The molecule has 19 heavy (non-hydrogen) atoms. The van der Waals surface area contributed by atoms with Crippen LogP contribution in [0.5, 0.6) is 0 Å². The topological polar surface area (TPSA) is 66.4 Å². The molecule has 4 nitrogen and oxygen atoms in total. The van der Waals surface area contributed by atoms with Crippen LogP contribution in [0.25, 0.3) is 0 Å². The molecule has 0 spiro atoms. The summed E-state index contributed by atoms with van der Waals surface area (Å²) in [6.45, 7) is 0. The molecule has 0 aliphatic heterocycles. The maximum absolute atomic E-state index is 11.9. The molecule has 0 heterocycles. The van der Waals surface area contributed by atoms with Crippen LogP contribution >= 0.6 is 15.9 Å². The molecular weight excluding hydrogens is 310 g/mol. The van der Waals surface area contributed by atoms with Crippen LogP contribution in [0.4, 0.5) is 0 Å². The quantitative estimate of drug-likeness (QED) is 0.660. The minimum absolute atomic E-state index is 0.305. The molecule has 0 saturated heterocycles. The molecule has 2 N–H and O–H groups in total. The number of carbonyl (C=O) groups excluding carboxylic acids is 2. The van der Waals surface area contributed by atoms with Crippen molar-refractivity contribution in [3.05, 3.63) is 34.3 Å². The summed E-state index contributed by atoms with van der Waals surface area (Å²) in [4.78, 5) is 23.8. The van der Waals surface area contributed by atoms with E-state index in [2.05, 4.69) is 21.2 Å². The number of rotatable bonds is 3. The molecule has 1 fully saturated rings. The van der Waals surface area contributed by atoms with Crippen LogP contribution in [0.2, 0.25) is 0 Å². The Morgan fingerprint density at radius 1 is 1.16 bits per heavy atom. The Morgan fingerprint density at radius 2 is 1.79 bits per heavy atom. The number of benzene rings is 1. The van der Waals surface area contributed by atoms with Crippen LogP contribution in [0.15, 0.2) is 28.7 Å². The van der Waals surface area contributed by atoms with Crippen molar-refractivity contribution in [2.24, 2.45) is 0 Å². The number of aliphatic hydroxyl groups is 1. The number of nitrogens with one attached hydrogen (secondary N) is 1. The van der Waals surface area contributed by atoms with E-state index >= 15 is 0 Å².